The van der Waals surface area contributed by atoms with Gasteiger partial charge in [-0.2, -0.15) is 4.31 Å². The van der Waals surface area contributed by atoms with E-state index in [1.54, 1.807) is 0 Å². The van der Waals surface area contributed by atoms with Crippen LogP contribution in [0, 0.1) is 16.0 Å². The van der Waals surface area contributed by atoms with Crippen LogP contribution in [-0.2, 0) is 10.0 Å². The first-order chi connectivity index (χ1) is 11.9. The molecule has 1 aromatic carbocycles. The molecular weight excluding hydrogens is 342 g/mol. The van der Waals surface area contributed by atoms with E-state index in [0.717, 1.165) is 19.0 Å². The molecule has 0 aromatic heterocycles. The number of nitrogens with zero attached hydrogens (tertiary/aromatic N) is 3. The van der Waals surface area contributed by atoms with Crippen molar-refractivity contribution in [3.8, 4) is 0 Å². The molecule has 2 fully saturated rings. The largest absolute Gasteiger partial charge is 0.298 e. The molecule has 1 saturated carbocycles. The number of piperazine rings is 1. The first kappa shape index (κ1) is 18.3. The van der Waals surface area contributed by atoms with Crippen LogP contribution in [0.5, 0.6) is 0 Å². The smallest absolute Gasteiger partial charge is 0.269 e. The van der Waals surface area contributed by atoms with Gasteiger partial charge in [0.05, 0.1) is 9.82 Å². The summed E-state index contributed by atoms with van der Waals surface area (Å²) in [6, 6.07) is 5.71. The van der Waals surface area contributed by atoms with E-state index in [4.69, 9.17) is 0 Å². The van der Waals surface area contributed by atoms with Crippen LogP contribution in [0.3, 0.4) is 0 Å². The maximum absolute atomic E-state index is 12.7. The highest BCUT2D eigenvalue weighted by atomic mass is 32.2. The van der Waals surface area contributed by atoms with Gasteiger partial charge in [0.15, 0.2) is 0 Å². The lowest BCUT2D eigenvalue weighted by Gasteiger charge is -2.41. The van der Waals surface area contributed by atoms with Crippen molar-refractivity contribution in [1.29, 1.82) is 0 Å². The molecule has 0 amide bonds. The summed E-state index contributed by atoms with van der Waals surface area (Å²) >= 11 is 0. The highest BCUT2D eigenvalue weighted by molar-refractivity contribution is 7.89. The topological polar surface area (TPSA) is 83.8 Å². The van der Waals surface area contributed by atoms with E-state index in [1.165, 1.54) is 54.3 Å². The highest BCUT2D eigenvalue weighted by Gasteiger charge is 2.32. The lowest BCUT2D eigenvalue weighted by atomic mass is 9.86. The zero-order valence-electron chi connectivity index (χ0n) is 14.5. The number of benzene rings is 1. The number of hydrogen-bond donors (Lipinski definition) is 0. The van der Waals surface area contributed by atoms with Crippen LogP contribution >= 0.6 is 0 Å². The lowest BCUT2D eigenvalue weighted by Crippen LogP contribution is -2.52. The second-order valence-electron chi connectivity index (χ2n) is 7.12. The summed E-state index contributed by atoms with van der Waals surface area (Å²) < 4.78 is 27.0. The van der Waals surface area contributed by atoms with Gasteiger partial charge in [0, 0.05) is 44.4 Å². The molecule has 1 aliphatic heterocycles. The van der Waals surface area contributed by atoms with E-state index in [-0.39, 0.29) is 10.6 Å². The molecule has 0 unspecified atom stereocenters. The normalized spacial score (nSPS) is 26.4. The van der Waals surface area contributed by atoms with Crippen molar-refractivity contribution in [2.75, 3.05) is 26.2 Å². The van der Waals surface area contributed by atoms with Crippen molar-refractivity contribution in [3.63, 3.8) is 0 Å². The molecule has 1 saturated heterocycles. The van der Waals surface area contributed by atoms with Crippen LogP contribution in [0.15, 0.2) is 29.2 Å². The Balaban J connectivity index is 1.64. The van der Waals surface area contributed by atoms with Gasteiger partial charge in [-0.1, -0.05) is 19.8 Å². The minimum Gasteiger partial charge on any atom is -0.298 e. The van der Waals surface area contributed by atoms with Crippen LogP contribution in [-0.4, -0.2) is 54.8 Å². The van der Waals surface area contributed by atoms with E-state index < -0.39 is 14.9 Å². The molecule has 8 heteroatoms. The standard InChI is InChI=1S/C17H25N3O4S/c1-14-3-2-4-16(13-14)18-9-11-19(12-10-18)25(23,24)17-7-5-15(6-8-17)20(21)22/h5-8,14,16H,2-4,9-13H2,1H3/t14-,16+/m1/s1. The van der Waals surface area contributed by atoms with Gasteiger partial charge in [-0.25, -0.2) is 8.42 Å². The van der Waals surface area contributed by atoms with Gasteiger partial charge in [-0.15, -0.1) is 0 Å². The van der Waals surface area contributed by atoms with Gasteiger partial charge in [0.25, 0.3) is 5.69 Å². The first-order valence-electron chi connectivity index (χ1n) is 8.86. The molecule has 1 aliphatic carbocycles. The average Bonchev–Trinajstić information content (AvgIpc) is 2.62. The molecule has 0 bridgehead atoms. The molecule has 3 rings (SSSR count). The average molecular weight is 367 g/mol. The number of rotatable bonds is 4. The van der Waals surface area contributed by atoms with E-state index >= 15 is 0 Å². The lowest BCUT2D eigenvalue weighted by molar-refractivity contribution is -0.384. The Morgan fingerprint density at radius 1 is 1.08 bits per heavy atom. The minimum absolute atomic E-state index is 0.102. The van der Waals surface area contributed by atoms with Gasteiger partial charge in [-0.05, 0) is 30.9 Å². The van der Waals surface area contributed by atoms with Crippen LogP contribution in [0.1, 0.15) is 32.6 Å². The monoisotopic (exact) mass is 367 g/mol. The number of nitro benzene ring substituents is 1. The van der Waals surface area contributed by atoms with Crippen molar-refractivity contribution in [2.24, 2.45) is 5.92 Å². The van der Waals surface area contributed by atoms with Crippen molar-refractivity contribution < 1.29 is 13.3 Å². The third-order valence-electron chi connectivity index (χ3n) is 5.38. The second-order valence-corrected chi connectivity index (χ2v) is 9.05. The molecule has 2 atom stereocenters. The molecule has 7 nitrogen and oxygen atoms in total. The number of non-ortho nitro benzene ring substituents is 1. The fourth-order valence-electron chi connectivity index (χ4n) is 3.93. The minimum atomic E-state index is -3.59. The van der Waals surface area contributed by atoms with Crippen LogP contribution in [0.2, 0.25) is 0 Å². The van der Waals surface area contributed by atoms with Crippen molar-refractivity contribution >= 4 is 15.7 Å². The molecule has 2 aliphatic rings. The fraction of sp³-hybridized carbons (Fsp3) is 0.647. The molecular formula is C17H25N3O4S. The highest BCUT2D eigenvalue weighted by Crippen LogP contribution is 2.29. The van der Waals surface area contributed by atoms with Gasteiger partial charge < -0.3 is 0 Å². The predicted molar refractivity (Wildman–Crippen MR) is 94.8 cm³/mol. The fourth-order valence-corrected chi connectivity index (χ4v) is 5.35. The summed E-state index contributed by atoms with van der Waals surface area (Å²) in [7, 11) is -3.59. The van der Waals surface area contributed by atoms with E-state index in [1.807, 2.05) is 0 Å². The quantitative estimate of drug-likeness (QED) is 0.603. The molecule has 1 heterocycles. The number of nitro groups is 1. The Hall–Kier alpha value is -1.51. The first-order valence-corrected chi connectivity index (χ1v) is 10.3. The second kappa shape index (κ2) is 7.39. The summed E-state index contributed by atoms with van der Waals surface area (Å²) in [4.78, 5) is 12.7. The third-order valence-corrected chi connectivity index (χ3v) is 7.30. The Morgan fingerprint density at radius 3 is 2.28 bits per heavy atom. The SMILES string of the molecule is C[C@@H]1CCC[C@H](N2CCN(S(=O)(=O)c3ccc([N+](=O)[O-])cc3)CC2)C1. The summed E-state index contributed by atoms with van der Waals surface area (Å²) in [5, 5.41) is 10.7. The van der Waals surface area contributed by atoms with Gasteiger partial charge >= 0.3 is 0 Å². The zero-order chi connectivity index (χ0) is 18.0. The Bertz CT molecular complexity index is 712. The van der Waals surface area contributed by atoms with Crippen LogP contribution in [0.4, 0.5) is 5.69 Å². The number of hydrogen-bond acceptors (Lipinski definition) is 5. The van der Waals surface area contributed by atoms with Crippen LogP contribution < -0.4 is 0 Å². The molecule has 0 spiro atoms. The van der Waals surface area contributed by atoms with E-state index in [0.29, 0.717) is 19.1 Å². The summed E-state index contributed by atoms with van der Waals surface area (Å²) in [5.74, 6) is 0.751. The van der Waals surface area contributed by atoms with Crippen LogP contribution in [0.25, 0.3) is 0 Å². The van der Waals surface area contributed by atoms with Gasteiger partial charge in [0.1, 0.15) is 0 Å². The zero-order valence-corrected chi connectivity index (χ0v) is 15.3. The Kier molecular flexibility index (Phi) is 5.41. The van der Waals surface area contributed by atoms with Crippen molar-refractivity contribution in [1.82, 2.24) is 9.21 Å². The van der Waals surface area contributed by atoms with E-state index in [2.05, 4.69) is 11.8 Å². The number of sulfonamides is 1. The molecule has 25 heavy (non-hydrogen) atoms. The maximum Gasteiger partial charge on any atom is 0.269 e. The third kappa shape index (κ3) is 4.02. The van der Waals surface area contributed by atoms with Crippen molar-refractivity contribution in [2.45, 2.75) is 43.5 Å². The predicted octanol–water partition coefficient (Wildman–Crippen LogP) is 2.48. The summed E-state index contributed by atoms with van der Waals surface area (Å²) in [6.45, 7) is 4.75. The molecule has 1 aromatic rings. The maximum atomic E-state index is 12.7. The van der Waals surface area contributed by atoms with Gasteiger partial charge in [0.2, 0.25) is 10.0 Å². The summed E-state index contributed by atoms with van der Waals surface area (Å²) in [5.41, 5.74) is -0.102. The van der Waals surface area contributed by atoms with Crippen molar-refractivity contribution in [3.05, 3.63) is 34.4 Å². The Labute approximate surface area is 148 Å². The molecule has 138 valence electrons. The molecule has 0 radical (unpaired) electrons. The van der Waals surface area contributed by atoms with E-state index in [9.17, 15) is 18.5 Å². The molecule has 0 N–H and O–H groups in total. The van der Waals surface area contributed by atoms with Gasteiger partial charge in [-0.3, -0.25) is 15.0 Å². The summed E-state index contributed by atoms with van der Waals surface area (Å²) in [6.07, 6.45) is 4.96. The Morgan fingerprint density at radius 2 is 1.72 bits per heavy atom.